The number of nitrogens with one attached hydrogen (secondary N) is 2. The van der Waals surface area contributed by atoms with E-state index >= 15 is 0 Å². The number of anilines is 1. The van der Waals surface area contributed by atoms with Crippen molar-refractivity contribution in [3.8, 4) is 0 Å². The van der Waals surface area contributed by atoms with Crippen molar-refractivity contribution in [2.75, 3.05) is 25.0 Å². The van der Waals surface area contributed by atoms with E-state index in [4.69, 9.17) is 0 Å². The lowest BCUT2D eigenvalue weighted by molar-refractivity contribution is 0.388. The molecule has 0 saturated heterocycles. The highest BCUT2D eigenvalue weighted by atomic mass is 16.1. The van der Waals surface area contributed by atoms with Crippen molar-refractivity contribution < 1.29 is 0 Å². The maximum atomic E-state index is 11.6. The third-order valence-electron chi connectivity index (χ3n) is 4.24. The topological polar surface area (TPSA) is 63.9 Å². The molecule has 3 heterocycles. The molecule has 3 rings (SSSR count). The molecule has 0 saturated carbocycles. The highest BCUT2D eigenvalue weighted by Gasteiger charge is 2.18. The SMILES string of the molecule is Cc1cc2n(n1)C[C@H](CNCCCCn1ccccc1=O)CN2. The van der Waals surface area contributed by atoms with Crippen LogP contribution < -0.4 is 16.2 Å². The molecule has 1 aliphatic heterocycles. The van der Waals surface area contributed by atoms with Crippen molar-refractivity contribution in [1.82, 2.24) is 19.7 Å². The van der Waals surface area contributed by atoms with E-state index in [1.807, 2.05) is 19.2 Å². The molecular weight excluding hydrogens is 290 g/mol. The van der Waals surface area contributed by atoms with Gasteiger partial charge < -0.3 is 15.2 Å². The average Bonchev–Trinajstić information content (AvgIpc) is 2.91. The summed E-state index contributed by atoms with van der Waals surface area (Å²) in [5, 5.41) is 11.5. The van der Waals surface area contributed by atoms with Gasteiger partial charge in [-0.1, -0.05) is 6.07 Å². The van der Waals surface area contributed by atoms with Gasteiger partial charge in [0, 0.05) is 50.4 Å². The fraction of sp³-hybridized carbons (Fsp3) is 0.529. The van der Waals surface area contributed by atoms with E-state index < -0.39 is 0 Å². The Hall–Kier alpha value is -2.08. The fourth-order valence-corrected chi connectivity index (χ4v) is 3.01. The monoisotopic (exact) mass is 315 g/mol. The van der Waals surface area contributed by atoms with Gasteiger partial charge in [0.15, 0.2) is 0 Å². The second-order valence-corrected chi connectivity index (χ2v) is 6.24. The van der Waals surface area contributed by atoms with Crippen LogP contribution >= 0.6 is 0 Å². The number of hydrogen-bond donors (Lipinski definition) is 2. The van der Waals surface area contributed by atoms with Gasteiger partial charge in [0.1, 0.15) is 5.82 Å². The van der Waals surface area contributed by atoms with Crippen molar-refractivity contribution in [2.24, 2.45) is 5.92 Å². The highest BCUT2D eigenvalue weighted by molar-refractivity contribution is 5.38. The van der Waals surface area contributed by atoms with Gasteiger partial charge in [0.2, 0.25) is 5.56 Å². The quantitative estimate of drug-likeness (QED) is 0.760. The molecule has 0 spiro atoms. The van der Waals surface area contributed by atoms with E-state index in [0.29, 0.717) is 5.92 Å². The molecular formula is C17H25N5O. The van der Waals surface area contributed by atoms with Gasteiger partial charge in [0.25, 0.3) is 0 Å². The normalized spacial score (nSPS) is 16.8. The maximum absolute atomic E-state index is 11.6. The molecule has 0 bridgehead atoms. The zero-order valence-corrected chi connectivity index (χ0v) is 13.7. The molecule has 6 nitrogen and oxygen atoms in total. The third-order valence-corrected chi connectivity index (χ3v) is 4.24. The Kier molecular flexibility index (Phi) is 5.12. The highest BCUT2D eigenvalue weighted by Crippen LogP contribution is 2.17. The van der Waals surface area contributed by atoms with Crippen LogP contribution in [0.1, 0.15) is 18.5 Å². The number of rotatable bonds is 7. The Morgan fingerprint density at radius 1 is 1.39 bits per heavy atom. The van der Waals surface area contributed by atoms with Crippen LogP contribution in [0.4, 0.5) is 5.82 Å². The first kappa shape index (κ1) is 15.8. The second-order valence-electron chi connectivity index (χ2n) is 6.24. The van der Waals surface area contributed by atoms with Crippen molar-refractivity contribution >= 4 is 5.82 Å². The van der Waals surface area contributed by atoms with Crippen LogP contribution in [-0.2, 0) is 13.1 Å². The molecule has 2 aromatic rings. The summed E-state index contributed by atoms with van der Waals surface area (Å²) >= 11 is 0. The van der Waals surface area contributed by atoms with Crippen LogP contribution in [0, 0.1) is 12.8 Å². The summed E-state index contributed by atoms with van der Waals surface area (Å²) in [6.07, 6.45) is 3.95. The standard InChI is InChI=1S/C17H25N5O/c1-14-10-16-19-12-15(13-22(16)20-14)11-18-7-3-5-9-21-8-4-2-6-17(21)23/h2,4,6,8,10,15,18-19H,3,5,7,9,11-13H2,1H3/t15-/m1/s1. The first-order chi connectivity index (χ1) is 11.2. The Morgan fingerprint density at radius 3 is 3.17 bits per heavy atom. The van der Waals surface area contributed by atoms with Crippen molar-refractivity contribution in [3.05, 3.63) is 46.5 Å². The van der Waals surface area contributed by atoms with Crippen LogP contribution in [0.5, 0.6) is 0 Å². The van der Waals surface area contributed by atoms with E-state index in [2.05, 4.69) is 26.5 Å². The summed E-state index contributed by atoms with van der Waals surface area (Å²) in [6, 6.07) is 7.39. The predicted octanol–water partition coefficient (Wildman–Crippen LogP) is 1.46. The molecule has 0 unspecified atom stereocenters. The average molecular weight is 315 g/mol. The summed E-state index contributed by atoms with van der Waals surface area (Å²) in [6.45, 7) is 6.78. The summed E-state index contributed by atoms with van der Waals surface area (Å²) in [5.74, 6) is 1.70. The maximum Gasteiger partial charge on any atom is 0.250 e. The lowest BCUT2D eigenvalue weighted by atomic mass is 10.1. The summed E-state index contributed by atoms with van der Waals surface area (Å²) < 4.78 is 3.83. The van der Waals surface area contributed by atoms with Crippen molar-refractivity contribution in [2.45, 2.75) is 32.9 Å². The van der Waals surface area contributed by atoms with E-state index in [1.165, 1.54) is 0 Å². The third kappa shape index (κ3) is 4.22. The number of aromatic nitrogens is 3. The molecule has 0 amide bonds. The minimum absolute atomic E-state index is 0.0825. The Balaban J connectivity index is 1.32. The molecule has 23 heavy (non-hydrogen) atoms. The molecule has 2 aromatic heterocycles. The van der Waals surface area contributed by atoms with Gasteiger partial charge >= 0.3 is 0 Å². The Morgan fingerprint density at radius 2 is 2.30 bits per heavy atom. The minimum Gasteiger partial charge on any atom is -0.370 e. The van der Waals surface area contributed by atoms with Crippen LogP contribution in [0.25, 0.3) is 0 Å². The van der Waals surface area contributed by atoms with E-state index in [-0.39, 0.29) is 5.56 Å². The zero-order valence-electron chi connectivity index (χ0n) is 13.7. The van der Waals surface area contributed by atoms with Crippen LogP contribution in [0.15, 0.2) is 35.3 Å². The molecule has 1 aliphatic rings. The van der Waals surface area contributed by atoms with E-state index in [1.54, 1.807) is 16.7 Å². The molecule has 0 aromatic carbocycles. The van der Waals surface area contributed by atoms with E-state index in [9.17, 15) is 4.79 Å². The summed E-state index contributed by atoms with van der Waals surface area (Å²) in [7, 11) is 0. The van der Waals surface area contributed by atoms with Crippen LogP contribution in [0.3, 0.4) is 0 Å². The van der Waals surface area contributed by atoms with Crippen LogP contribution in [-0.4, -0.2) is 34.0 Å². The zero-order chi connectivity index (χ0) is 16.1. The molecule has 1 atom stereocenters. The lowest BCUT2D eigenvalue weighted by Crippen LogP contribution is -2.35. The number of nitrogens with zero attached hydrogens (tertiary/aromatic N) is 3. The van der Waals surface area contributed by atoms with Crippen molar-refractivity contribution in [1.29, 1.82) is 0 Å². The number of unbranched alkanes of at least 4 members (excludes halogenated alkanes) is 1. The summed E-state index contributed by atoms with van der Waals surface area (Å²) in [5.41, 5.74) is 1.15. The Labute approximate surface area is 136 Å². The number of fused-ring (bicyclic) bond motifs is 1. The molecule has 0 aliphatic carbocycles. The first-order valence-electron chi connectivity index (χ1n) is 8.37. The van der Waals surface area contributed by atoms with Gasteiger partial charge in [-0.15, -0.1) is 0 Å². The summed E-state index contributed by atoms with van der Waals surface area (Å²) in [4.78, 5) is 11.6. The lowest BCUT2D eigenvalue weighted by Gasteiger charge is -2.25. The predicted molar refractivity (Wildman–Crippen MR) is 91.7 cm³/mol. The molecule has 0 radical (unpaired) electrons. The molecule has 0 fully saturated rings. The fourth-order valence-electron chi connectivity index (χ4n) is 3.01. The number of aryl methyl sites for hydroxylation is 2. The van der Waals surface area contributed by atoms with Gasteiger partial charge in [-0.2, -0.15) is 5.10 Å². The van der Waals surface area contributed by atoms with Gasteiger partial charge in [0.05, 0.1) is 5.69 Å². The molecule has 124 valence electrons. The Bertz CT molecular complexity index is 690. The smallest absolute Gasteiger partial charge is 0.250 e. The largest absolute Gasteiger partial charge is 0.370 e. The van der Waals surface area contributed by atoms with Crippen LogP contribution in [0.2, 0.25) is 0 Å². The molecule has 6 heteroatoms. The van der Waals surface area contributed by atoms with Gasteiger partial charge in [-0.05, 0) is 32.4 Å². The molecule has 2 N–H and O–H groups in total. The van der Waals surface area contributed by atoms with E-state index in [0.717, 1.165) is 57.1 Å². The number of hydrogen-bond acceptors (Lipinski definition) is 4. The van der Waals surface area contributed by atoms with Gasteiger partial charge in [-0.25, -0.2) is 4.68 Å². The first-order valence-corrected chi connectivity index (χ1v) is 8.37. The van der Waals surface area contributed by atoms with Crippen molar-refractivity contribution in [3.63, 3.8) is 0 Å². The minimum atomic E-state index is 0.0825. The number of pyridine rings is 1. The van der Waals surface area contributed by atoms with Gasteiger partial charge in [-0.3, -0.25) is 4.79 Å². The second kappa shape index (κ2) is 7.46.